The van der Waals surface area contributed by atoms with E-state index in [9.17, 15) is 4.79 Å². The minimum absolute atomic E-state index is 0.0845. The molecule has 0 fully saturated rings. The molecule has 0 unspecified atom stereocenters. The monoisotopic (exact) mass is 241 g/mol. The van der Waals surface area contributed by atoms with Crippen LogP contribution in [0.4, 0.5) is 5.82 Å². The number of nitrogens with one attached hydrogen (secondary N) is 1. The summed E-state index contributed by atoms with van der Waals surface area (Å²) in [7, 11) is 0. The smallest absolute Gasteiger partial charge is 0.229 e. The predicted molar refractivity (Wildman–Crippen MR) is 70.3 cm³/mol. The van der Waals surface area contributed by atoms with Gasteiger partial charge in [0.15, 0.2) is 5.82 Å². The quantitative estimate of drug-likeness (QED) is 0.896. The molecule has 0 atom stereocenters. The zero-order chi connectivity index (χ0) is 13.0. The highest BCUT2D eigenvalue weighted by Gasteiger charge is 2.06. The molecule has 0 aliphatic heterocycles. The van der Waals surface area contributed by atoms with Crippen molar-refractivity contribution in [1.29, 1.82) is 0 Å². The molecule has 18 heavy (non-hydrogen) atoms. The first-order valence-corrected chi connectivity index (χ1v) is 5.79. The number of nitrogens with zero attached hydrogens (tertiary/aromatic N) is 2. The molecule has 4 nitrogen and oxygen atoms in total. The van der Waals surface area contributed by atoms with E-state index in [4.69, 9.17) is 0 Å². The molecule has 0 aliphatic carbocycles. The summed E-state index contributed by atoms with van der Waals surface area (Å²) in [6.45, 7) is 3.76. The van der Waals surface area contributed by atoms with E-state index in [1.807, 2.05) is 44.2 Å². The maximum atomic E-state index is 11.8. The minimum Gasteiger partial charge on any atom is -0.309 e. The second-order valence-electron chi connectivity index (χ2n) is 4.14. The predicted octanol–water partition coefficient (Wildman–Crippen LogP) is 2.27. The SMILES string of the molecule is Cc1ncc(NC(=O)Cc2ccccc2)nc1C. The Bertz CT molecular complexity index is 552. The fraction of sp³-hybridized carbons (Fsp3) is 0.214. The molecular formula is C14H15N3O. The van der Waals surface area contributed by atoms with Gasteiger partial charge in [0.1, 0.15) is 0 Å². The number of benzene rings is 1. The standard InChI is InChI=1S/C14H15N3O/c1-10-11(2)16-13(9-15-10)17-14(18)8-12-6-4-3-5-7-12/h3-7,9H,8H2,1-2H3,(H,16,17,18). The zero-order valence-corrected chi connectivity index (χ0v) is 10.5. The summed E-state index contributed by atoms with van der Waals surface area (Å²) in [5, 5.41) is 2.75. The summed E-state index contributed by atoms with van der Waals surface area (Å²) in [5.41, 5.74) is 2.68. The molecule has 0 saturated heterocycles. The number of hydrogen-bond acceptors (Lipinski definition) is 3. The van der Waals surface area contributed by atoms with Crippen molar-refractivity contribution in [1.82, 2.24) is 9.97 Å². The topological polar surface area (TPSA) is 54.9 Å². The van der Waals surface area contributed by atoms with Crippen molar-refractivity contribution in [2.45, 2.75) is 20.3 Å². The van der Waals surface area contributed by atoms with Crippen LogP contribution in [0.2, 0.25) is 0 Å². The second kappa shape index (κ2) is 5.40. The van der Waals surface area contributed by atoms with Gasteiger partial charge in [-0.25, -0.2) is 4.98 Å². The van der Waals surface area contributed by atoms with Crippen LogP contribution in [0.3, 0.4) is 0 Å². The largest absolute Gasteiger partial charge is 0.309 e. The number of aryl methyl sites for hydroxylation is 2. The zero-order valence-electron chi connectivity index (χ0n) is 10.5. The maximum Gasteiger partial charge on any atom is 0.229 e. The van der Waals surface area contributed by atoms with Gasteiger partial charge in [0.2, 0.25) is 5.91 Å². The molecule has 4 heteroatoms. The summed E-state index contributed by atoms with van der Waals surface area (Å²) in [4.78, 5) is 20.2. The molecule has 92 valence electrons. The Hall–Kier alpha value is -2.23. The lowest BCUT2D eigenvalue weighted by molar-refractivity contribution is -0.115. The van der Waals surface area contributed by atoms with Crippen molar-refractivity contribution in [2.24, 2.45) is 0 Å². The number of anilines is 1. The van der Waals surface area contributed by atoms with Crippen LogP contribution in [-0.2, 0) is 11.2 Å². The Balaban J connectivity index is 2.01. The van der Waals surface area contributed by atoms with Crippen LogP contribution in [0.1, 0.15) is 17.0 Å². The lowest BCUT2D eigenvalue weighted by atomic mass is 10.1. The summed E-state index contributed by atoms with van der Waals surface area (Å²) in [5.74, 6) is 0.415. The van der Waals surface area contributed by atoms with E-state index >= 15 is 0 Å². The highest BCUT2D eigenvalue weighted by atomic mass is 16.1. The number of amides is 1. The van der Waals surface area contributed by atoms with E-state index in [-0.39, 0.29) is 5.91 Å². The van der Waals surface area contributed by atoms with Crippen molar-refractivity contribution in [3.05, 3.63) is 53.5 Å². The van der Waals surface area contributed by atoms with Gasteiger partial charge in [-0.1, -0.05) is 30.3 Å². The first kappa shape index (κ1) is 12.2. The number of carbonyl (C=O) groups excluding carboxylic acids is 1. The lowest BCUT2D eigenvalue weighted by Crippen LogP contribution is -2.16. The van der Waals surface area contributed by atoms with Crippen LogP contribution in [-0.4, -0.2) is 15.9 Å². The lowest BCUT2D eigenvalue weighted by Gasteiger charge is -2.06. The Morgan fingerprint density at radius 2 is 1.89 bits per heavy atom. The van der Waals surface area contributed by atoms with Crippen LogP contribution in [0.25, 0.3) is 0 Å². The number of carbonyl (C=O) groups is 1. The van der Waals surface area contributed by atoms with Gasteiger partial charge in [-0.05, 0) is 19.4 Å². The highest BCUT2D eigenvalue weighted by Crippen LogP contribution is 2.07. The molecule has 1 aromatic carbocycles. The van der Waals surface area contributed by atoms with E-state index in [1.54, 1.807) is 6.20 Å². The van der Waals surface area contributed by atoms with Crippen molar-refractivity contribution < 1.29 is 4.79 Å². The summed E-state index contributed by atoms with van der Waals surface area (Å²) >= 11 is 0. The first-order valence-electron chi connectivity index (χ1n) is 5.79. The van der Waals surface area contributed by atoms with Crippen LogP contribution in [0, 0.1) is 13.8 Å². The Kier molecular flexibility index (Phi) is 3.67. The Morgan fingerprint density at radius 1 is 1.17 bits per heavy atom. The minimum atomic E-state index is -0.0845. The third-order valence-corrected chi connectivity index (χ3v) is 2.67. The molecule has 1 amide bonds. The molecule has 1 aromatic heterocycles. The van der Waals surface area contributed by atoms with Gasteiger partial charge < -0.3 is 5.32 Å². The van der Waals surface area contributed by atoms with Crippen molar-refractivity contribution in [2.75, 3.05) is 5.32 Å². The normalized spacial score (nSPS) is 10.1. The van der Waals surface area contributed by atoms with E-state index in [0.717, 1.165) is 17.0 Å². The van der Waals surface area contributed by atoms with Gasteiger partial charge in [-0.15, -0.1) is 0 Å². The van der Waals surface area contributed by atoms with E-state index in [1.165, 1.54) is 0 Å². The Labute approximate surface area is 106 Å². The van der Waals surface area contributed by atoms with Gasteiger partial charge in [0.25, 0.3) is 0 Å². The molecule has 0 radical (unpaired) electrons. The van der Waals surface area contributed by atoms with Crippen molar-refractivity contribution in [3.8, 4) is 0 Å². The molecule has 0 saturated carbocycles. The van der Waals surface area contributed by atoms with Crippen LogP contribution in [0.15, 0.2) is 36.5 Å². The molecule has 1 N–H and O–H groups in total. The average Bonchev–Trinajstić information content (AvgIpc) is 2.35. The van der Waals surface area contributed by atoms with E-state index < -0.39 is 0 Å². The number of hydrogen-bond donors (Lipinski definition) is 1. The molecule has 0 spiro atoms. The van der Waals surface area contributed by atoms with Gasteiger partial charge in [-0.3, -0.25) is 9.78 Å². The highest BCUT2D eigenvalue weighted by molar-refractivity contribution is 5.91. The molecule has 0 aliphatic rings. The third-order valence-electron chi connectivity index (χ3n) is 2.67. The fourth-order valence-electron chi connectivity index (χ4n) is 1.57. The summed E-state index contributed by atoms with van der Waals surface area (Å²) in [6.07, 6.45) is 1.92. The molecule has 0 bridgehead atoms. The van der Waals surface area contributed by atoms with Gasteiger partial charge in [-0.2, -0.15) is 0 Å². The third kappa shape index (κ3) is 3.13. The number of aromatic nitrogens is 2. The fourth-order valence-corrected chi connectivity index (χ4v) is 1.57. The summed E-state index contributed by atoms with van der Waals surface area (Å²) < 4.78 is 0. The maximum absolute atomic E-state index is 11.8. The Morgan fingerprint density at radius 3 is 2.56 bits per heavy atom. The molecule has 2 aromatic rings. The van der Waals surface area contributed by atoms with Gasteiger partial charge >= 0.3 is 0 Å². The molecular weight excluding hydrogens is 226 g/mol. The van der Waals surface area contributed by atoms with Crippen molar-refractivity contribution >= 4 is 11.7 Å². The van der Waals surface area contributed by atoms with Crippen molar-refractivity contribution in [3.63, 3.8) is 0 Å². The number of rotatable bonds is 3. The summed E-state index contributed by atoms with van der Waals surface area (Å²) in [6, 6.07) is 9.60. The van der Waals surface area contributed by atoms with Crippen LogP contribution < -0.4 is 5.32 Å². The average molecular weight is 241 g/mol. The first-order chi connectivity index (χ1) is 8.65. The van der Waals surface area contributed by atoms with Gasteiger partial charge in [0.05, 0.1) is 24.0 Å². The molecule has 2 rings (SSSR count). The second-order valence-corrected chi connectivity index (χ2v) is 4.14. The van der Waals surface area contributed by atoms with E-state index in [0.29, 0.717) is 12.2 Å². The van der Waals surface area contributed by atoms with E-state index in [2.05, 4.69) is 15.3 Å². The van der Waals surface area contributed by atoms with Crippen LogP contribution in [0.5, 0.6) is 0 Å². The molecule has 1 heterocycles. The van der Waals surface area contributed by atoms with Crippen LogP contribution >= 0.6 is 0 Å². The van der Waals surface area contributed by atoms with Gasteiger partial charge in [0, 0.05) is 0 Å².